The van der Waals surface area contributed by atoms with Gasteiger partial charge < -0.3 is 4.98 Å². The van der Waals surface area contributed by atoms with Gasteiger partial charge in [0.05, 0.1) is 20.0 Å². The summed E-state index contributed by atoms with van der Waals surface area (Å²) in [5.74, 6) is -1.34. The van der Waals surface area contributed by atoms with Crippen LogP contribution in [-0.2, 0) is 16.2 Å². The molecule has 0 saturated carbocycles. The third kappa shape index (κ3) is 3.14. The lowest BCUT2D eigenvalue weighted by atomic mass is 10.3. The monoisotopic (exact) mass is 467 g/mol. The zero-order valence-corrected chi connectivity index (χ0v) is 16.2. The summed E-state index contributed by atoms with van der Waals surface area (Å²) in [5.41, 5.74) is -0.613. The van der Waals surface area contributed by atoms with Crippen LogP contribution in [0.2, 0.25) is 10.0 Å². The Labute approximate surface area is 154 Å². The van der Waals surface area contributed by atoms with Crippen LogP contribution in [0, 0.1) is 0 Å². The minimum Gasteiger partial charge on any atom is -0.333 e. The first kappa shape index (κ1) is 19.8. The summed E-state index contributed by atoms with van der Waals surface area (Å²) in [5, 5.41) is -0.601. The number of halogens is 6. The molecule has 12 heteroatoms. The molecule has 1 aromatic heterocycles. The summed E-state index contributed by atoms with van der Waals surface area (Å²) in [6.07, 6.45) is -4.78. The van der Waals surface area contributed by atoms with Gasteiger partial charge in [-0.2, -0.15) is 17.5 Å². The van der Waals surface area contributed by atoms with Gasteiger partial charge in [-0.05, 0) is 15.9 Å². The van der Waals surface area contributed by atoms with Crippen molar-refractivity contribution in [1.82, 2.24) is 14.3 Å². The highest BCUT2D eigenvalue weighted by Crippen LogP contribution is 2.43. The van der Waals surface area contributed by atoms with Crippen LogP contribution in [0.3, 0.4) is 0 Å². The molecule has 0 unspecified atom stereocenters. The Kier molecular flexibility index (Phi) is 5.47. The normalized spacial score (nSPS) is 13.2. The highest BCUT2D eigenvalue weighted by molar-refractivity contribution is 9.10. The lowest BCUT2D eigenvalue weighted by molar-refractivity contribution is -0.144. The number of hydrogen-bond acceptors (Lipinski definition) is 3. The van der Waals surface area contributed by atoms with Crippen LogP contribution in [0.1, 0.15) is 19.7 Å². The molecule has 0 fully saturated rings. The van der Waals surface area contributed by atoms with Crippen molar-refractivity contribution >= 4 is 60.2 Å². The first-order valence-electron chi connectivity index (χ1n) is 6.60. The first-order chi connectivity index (χ1) is 11.0. The molecule has 5 nitrogen and oxygen atoms in total. The summed E-state index contributed by atoms with van der Waals surface area (Å²) < 4.78 is 65.5. The maximum absolute atomic E-state index is 12.9. The fourth-order valence-corrected chi connectivity index (χ4v) is 5.15. The van der Waals surface area contributed by atoms with E-state index in [9.17, 15) is 21.6 Å². The molecule has 0 amide bonds. The van der Waals surface area contributed by atoms with E-state index >= 15 is 0 Å². The number of benzene rings is 1. The molecule has 1 aromatic carbocycles. The number of aromatic amines is 1. The second-order valence-corrected chi connectivity index (χ2v) is 8.09. The van der Waals surface area contributed by atoms with E-state index in [1.807, 2.05) is 0 Å². The fraction of sp³-hybridized carbons (Fsp3) is 0.417. The first-order valence-corrected chi connectivity index (χ1v) is 9.59. The third-order valence-corrected chi connectivity index (χ3v) is 7.39. The van der Waals surface area contributed by atoms with Crippen molar-refractivity contribution in [1.29, 1.82) is 0 Å². The topological polar surface area (TPSA) is 66.1 Å². The third-order valence-electron chi connectivity index (χ3n) is 3.29. The van der Waals surface area contributed by atoms with E-state index in [4.69, 9.17) is 23.2 Å². The van der Waals surface area contributed by atoms with Crippen LogP contribution in [0.4, 0.5) is 13.2 Å². The van der Waals surface area contributed by atoms with Crippen molar-refractivity contribution in [2.45, 2.75) is 24.9 Å². The summed E-state index contributed by atoms with van der Waals surface area (Å²) in [6, 6.07) is 0. The van der Waals surface area contributed by atoms with Crippen molar-refractivity contribution in [2.75, 3.05) is 13.1 Å². The molecule has 0 atom stereocenters. The highest BCUT2D eigenvalue weighted by Gasteiger charge is 2.38. The number of imidazole rings is 1. The number of fused-ring (bicyclic) bond motifs is 1. The maximum Gasteiger partial charge on any atom is 0.449 e. The van der Waals surface area contributed by atoms with Crippen molar-refractivity contribution < 1.29 is 21.6 Å². The van der Waals surface area contributed by atoms with E-state index in [-0.39, 0.29) is 33.1 Å². The zero-order valence-electron chi connectivity index (χ0n) is 12.3. The molecule has 1 N–H and O–H groups in total. The second kappa shape index (κ2) is 6.64. The van der Waals surface area contributed by atoms with Crippen molar-refractivity contribution in [2.24, 2.45) is 0 Å². The van der Waals surface area contributed by atoms with Crippen molar-refractivity contribution in [3.8, 4) is 0 Å². The number of sulfonamides is 1. The van der Waals surface area contributed by atoms with Crippen LogP contribution >= 0.6 is 39.1 Å². The largest absolute Gasteiger partial charge is 0.449 e. The molecule has 24 heavy (non-hydrogen) atoms. The SMILES string of the molecule is CCN(CC)S(=O)(=O)c1c(Cl)c(Cl)c(Br)c2[nH]c(C(F)(F)F)nc12. The van der Waals surface area contributed by atoms with Gasteiger partial charge in [0.2, 0.25) is 15.8 Å². The fourth-order valence-electron chi connectivity index (χ4n) is 2.17. The van der Waals surface area contributed by atoms with E-state index in [2.05, 4.69) is 25.9 Å². The van der Waals surface area contributed by atoms with Gasteiger partial charge >= 0.3 is 6.18 Å². The van der Waals surface area contributed by atoms with E-state index in [0.29, 0.717) is 0 Å². The van der Waals surface area contributed by atoms with Gasteiger partial charge in [0, 0.05) is 13.1 Å². The van der Waals surface area contributed by atoms with Crippen LogP contribution < -0.4 is 0 Å². The highest BCUT2D eigenvalue weighted by atomic mass is 79.9. The van der Waals surface area contributed by atoms with Crippen LogP contribution in [0.25, 0.3) is 11.0 Å². The number of rotatable bonds is 4. The van der Waals surface area contributed by atoms with E-state index in [0.717, 1.165) is 4.31 Å². The summed E-state index contributed by atoms with van der Waals surface area (Å²) in [4.78, 5) is 4.90. The van der Waals surface area contributed by atoms with Gasteiger partial charge in [0.15, 0.2) is 0 Å². The van der Waals surface area contributed by atoms with Crippen molar-refractivity contribution in [3.05, 3.63) is 20.3 Å². The average molecular weight is 469 g/mol. The summed E-state index contributed by atoms with van der Waals surface area (Å²) in [6.45, 7) is 3.42. The molecule has 1 heterocycles. The standard InChI is InChI=1S/C12H11BrCl2F3N3O2S/c1-3-21(4-2)24(22,23)10-7(15)6(14)5(13)8-9(10)20-11(19-8)12(16,17)18/h3-4H2,1-2H3,(H,19,20). The predicted molar refractivity (Wildman–Crippen MR) is 88.9 cm³/mol. The molecule has 2 aromatic rings. The molecule has 134 valence electrons. The quantitative estimate of drug-likeness (QED) is 0.662. The molecule has 0 bridgehead atoms. The van der Waals surface area contributed by atoms with Gasteiger partial charge in [0.25, 0.3) is 0 Å². The second-order valence-electron chi connectivity index (χ2n) is 4.67. The minimum atomic E-state index is -4.78. The Morgan fingerprint density at radius 3 is 2.21 bits per heavy atom. The summed E-state index contributed by atoms with van der Waals surface area (Å²) >= 11 is 15.1. The number of H-pyrrole nitrogens is 1. The van der Waals surface area contributed by atoms with Gasteiger partial charge in [-0.25, -0.2) is 13.4 Å². The van der Waals surface area contributed by atoms with Crippen molar-refractivity contribution in [3.63, 3.8) is 0 Å². The molecule has 0 aliphatic heterocycles. The number of nitrogens with one attached hydrogen (secondary N) is 1. The Hall–Kier alpha value is -0.550. The zero-order chi connectivity index (χ0) is 18.4. The molecule has 0 saturated heterocycles. The molecule has 0 aliphatic rings. The number of nitrogens with zero attached hydrogens (tertiary/aromatic N) is 2. The van der Waals surface area contributed by atoms with Crippen LogP contribution in [0.15, 0.2) is 9.37 Å². The van der Waals surface area contributed by atoms with E-state index in [1.54, 1.807) is 13.8 Å². The Bertz CT molecular complexity index is 895. The van der Waals surface area contributed by atoms with Crippen LogP contribution in [-0.4, -0.2) is 35.8 Å². The maximum atomic E-state index is 12.9. The van der Waals surface area contributed by atoms with Gasteiger partial charge in [-0.1, -0.05) is 37.0 Å². The smallest absolute Gasteiger partial charge is 0.333 e. The minimum absolute atomic E-state index is 0.00524. The average Bonchev–Trinajstić information content (AvgIpc) is 2.90. The molecule has 0 spiro atoms. The Morgan fingerprint density at radius 2 is 1.75 bits per heavy atom. The molecule has 0 aliphatic carbocycles. The van der Waals surface area contributed by atoms with E-state index in [1.165, 1.54) is 0 Å². The molecule has 0 radical (unpaired) electrons. The lowest BCUT2D eigenvalue weighted by Crippen LogP contribution is -2.31. The number of hydrogen-bond donors (Lipinski definition) is 1. The van der Waals surface area contributed by atoms with E-state index < -0.39 is 32.4 Å². The molecule has 2 rings (SSSR count). The molecular formula is C12H11BrCl2F3N3O2S. The Balaban J connectivity index is 2.95. The predicted octanol–water partition coefficient (Wildman–Crippen LogP) is 4.68. The van der Waals surface area contributed by atoms with Crippen LogP contribution in [0.5, 0.6) is 0 Å². The summed E-state index contributed by atoms with van der Waals surface area (Å²) in [7, 11) is -4.18. The van der Waals surface area contributed by atoms with Gasteiger partial charge in [-0.15, -0.1) is 0 Å². The Morgan fingerprint density at radius 1 is 1.21 bits per heavy atom. The van der Waals surface area contributed by atoms with Gasteiger partial charge in [-0.3, -0.25) is 0 Å². The lowest BCUT2D eigenvalue weighted by Gasteiger charge is -2.20. The van der Waals surface area contributed by atoms with Gasteiger partial charge in [0.1, 0.15) is 10.4 Å². The number of aromatic nitrogens is 2. The molecular weight excluding hydrogens is 458 g/mol. The number of alkyl halides is 3.